The fraction of sp³-hybridized carbons (Fsp3) is 0.429. The van der Waals surface area contributed by atoms with Crippen molar-refractivity contribution in [1.29, 1.82) is 0 Å². The van der Waals surface area contributed by atoms with Gasteiger partial charge >= 0.3 is 0 Å². The lowest BCUT2D eigenvalue weighted by atomic mass is 10.3. The molecule has 0 aliphatic heterocycles. The van der Waals surface area contributed by atoms with Gasteiger partial charge in [0.25, 0.3) is 0 Å². The Balaban J connectivity index is 1.74. The molecule has 0 radical (unpaired) electrons. The first kappa shape index (κ1) is 15.6. The van der Waals surface area contributed by atoms with Crippen LogP contribution in [0.3, 0.4) is 0 Å². The number of nitrogen functional groups attached to an aromatic ring is 1. The maximum atomic E-state index is 12.7. The Hall–Kier alpha value is -1.76. The topological polar surface area (TPSA) is 66.0 Å². The van der Waals surface area contributed by atoms with Crippen molar-refractivity contribution in [3.63, 3.8) is 0 Å². The van der Waals surface area contributed by atoms with Crippen LogP contribution in [0, 0.1) is 5.82 Å². The second-order valence-electron chi connectivity index (χ2n) is 4.81. The third-order valence-corrected chi connectivity index (χ3v) is 3.84. The van der Waals surface area contributed by atoms with Gasteiger partial charge in [-0.1, -0.05) is 11.8 Å². The predicted molar refractivity (Wildman–Crippen MR) is 82.1 cm³/mol. The molecule has 0 unspecified atom stereocenters. The molecule has 5 nitrogen and oxygen atoms in total. The Labute approximate surface area is 127 Å². The maximum absolute atomic E-state index is 12.7. The number of aromatic nitrogens is 3. The van der Waals surface area contributed by atoms with E-state index in [4.69, 9.17) is 10.5 Å². The Morgan fingerprint density at radius 2 is 2.00 bits per heavy atom. The monoisotopic (exact) mass is 310 g/mol. The van der Waals surface area contributed by atoms with Gasteiger partial charge in [-0.3, -0.25) is 4.57 Å². The van der Waals surface area contributed by atoms with Crippen molar-refractivity contribution < 1.29 is 9.13 Å². The molecule has 1 aromatic heterocycles. The zero-order valence-electron chi connectivity index (χ0n) is 12.1. The number of ether oxygens (including phenoxy) is 1. The van der Waals surface area contributed by atoms with Gasteiger partial charge in [-0.2, -0.15) is 0 Å². The lowest BCUT2D eigenvalue weighted by Gasteiger charge is -2.11. The van der Waals surface area contributed by atoms with Crippen LogP contribution in [0.2, 0.25) is 0 Å². The number of anilines is 1. The van der Waals surface area contributed by atoms with Gasteiger partial charge < -0.3 is 10.5 Å². The van der Waals surface area contributed by atoms with Gasteiger partial charge in [-0.05, 0) is 44.5 Å². The second-order valence-corrected chi connectivity index (χ2v) is 5.87. The first-order chi connectivity index (χ1) is 10.1. The molecular weight excluding hydrogens is 291 g/mol. The number of hydrogen-bond acceptors (Lipinski definition) is 5. The maximum Gasteiger partial charge on any atom is 0.222 e. The molecule has 7 heteroatoms. The smallest absolute Gasteiger partial charge is 0.222 e. The minimum absolute atomic E-state index is 0.234. The second kappa shape index (κ2) is 7.31. The van der Waals surface area contributed by atoms with Crippen molar-refractivity contribution in [2.24, 2.45) is 0 Å². The van der Waals surface area contributed by atoms with Gasteiger partial charge in [-0.15, -0.1) is 10.2 Å². The summed E-state index contributed by atoms with van der Waals surface area (Å²) in [7, 11) is 0. The van der Waals surface area contributed by atoms with E-state index in [1.54, 1.807) is 23.9 Å². The molecule has 1 heterocycles. The molecule has 0 amide bonds. The number of nitrogens with two attached hydrogens (primary N) is 1. The molecule has 0 spiro atoms. The molecule has 1 aromatic carbocycles. The largest absolute Gasteiger partial charge is 0.494 e. The van der Waals surface area contributed by atoms with Crippen LogP contribution < -0.4 is 10.5 Å². The highest BCUT2D eigenvalue weighted by molar-refractivity contribution is 7.99. The molecule has 0 bridgehead atoms. The molecule has 0 aliphatic rings. The van der Waals surface area contributed by atoms with Crippen LogP contribution in [-0.2, 0) is 0 Å². The van der Waals surface area contributed by atoms with Gasteiger partial charge in [0.2, 0.25) is 5.95 Å². The first-order valence-corrected chi connectivity index (χ1v) is 7.78. The van der Waals surface area contributed by atoms with Crippen molar-refractivity contribution in [3.8, 4) is 5.75 Å². The van der Waals surface area contributed by atoms with Gasteiger partial charge in [0.05, 0.1) is 6.61 Å². The first-order valence-electron chi connectivity index (χ1n) is 6.79. The predicted octanol–water partition coefficient (Wildman–Crippen LogP) is 3.14. The lowest BCUT2D eigenvalue weighted by molar-refractivity contribution is 0.318. The minimum Gasteiger partial charge on any atom is -0.494 e. The Morgan fingerprint density at radius 3 is 2.67 bits per heavy atom. The normalized spacial score (nSPS) is 11.0. The standard InChI is InChI=1S/C14H19FN4OS/c1-10(2)19-13(16)17-18-14(19)21-9-3-8-20-12-6-4-11(15)5-7-12/h4-7,10H,3,8-9H2,1-2H3,(H2,16,17). The van der Waals surface area contributed by atoms with Crippen LogP contribution >= 0.6 is 11.8 Å². The van der Waals surface area contributed by atoms with E-state index in [0.717, 1.165) is 17.3 Å². The summed E-state index contributed by atoms with van der Waals surface area (Å²) in [5.74, 6) is 1.71. The van der Waals surface area contributed by atoms with Crippen molar-refractivity contribution in [1.82, 2.24) is 14.8 Å². The number of thioether (sulfide) groups is 1. The van der Waals surface area contributed by atoms with Crippen LogP contribution in [0.25, 0.3) is 0 Å². The summed E-state index contributed by atoms with van der Waals surface area (Å²) in [6, 6.07) is 6.26. The van der Waals surface area contributed by atoms with E-state index in [-0.39, 0.29) is 11.9 Å². The Kier molecular flexibility index (Phi) is 5.44. The zero-order valence-corrected chi connectivity index (χ0v) is 12.9. The molecule has 0 fully saturated rings. The summed E-state index contributed by atoms with van der Waals surface area (Å²) in [6.45, 7) is 4.66. The number of benzene rings is 1. The fourth-order valence-electron chi connectivity index (χ4n) is 1.82. The average molecular weight is 310 g/mol. The number of nitrogens with zero attached hydrogens (tertiary/aromatic N) is 3. The van der Waals surface area contributed by atoms with E-state index in [1.165, 1.54) is 12.1 Å². The van der Waals surface area contributed by atoms with Gasteiger partial charge in [0.1, 0.15) is 11.6 Å². The van der Waals surface area contributed by atoms with Gasteiger partial charge in [0.15, 0.2) is 5.16 Å². The molecule has 21 heavy (non-hydrogen) atoms. The van der Waals surface area contributed by atoms with E-state index in [2.05, 4.69) is 10.2 Å². The van der Waals surface area contributed by atoms with E-state index >= 15 is 0 Å². The third-order valence-electron chi connectivity index (χ3n) is 2.81. The van der Waals surface area contributed by atoms with Crippen LogP contribution in [-0.4, -0.2) is 27.1 Å². The molecule has 2 rings (SSSR count). The van der Waals surface area contributed by atoms with Crippen molar-refractivity contribution in [3.05, 3.63) is 30.1 Å². The summed E-state index contributed by atoms with van der Waals surface area (Å²) in [5.41, 5.74) is 5.78. The molecule has 2 aromatic rings. The molecule has 2 N–H and O–H groups in total. The molecule has 0 saturated heterocycles. The quantitative estimate of drug-likeness (QED) is 0.628. The highest BCUT2D eigenvalue weighted by atomic mass is 32.2. The Bertz CT molecular complexity index is 571. The number of rotatable bonds is 7. The molecule has 0 atom stereocenters. The highest BCUT2D eigenvalue weighted by Gasteiger charge is 2.12. The highest BCUT2D eigenvalue weighted by Crippen LogP contribution is 2.23. The van der Waals surface area contributed by atoms with E-state index < -0.39 is 0 Å². The van der Waals surface area contributed by atoms with Crippen molar-refractivity contribution in [2.45, 2.75) is 31.5 Å². The van der Waals surface area contributed by atoms with Crippen LogP contribution in [0.15, 0.2) is 29.4 Å². The van der Waals surface area contributed by atoms with Gasteiger partial charge in [0, 0.05) is 11.8 Å². The molecule has 0 saturated carbocycles. The summed E-state index contributed by atoms with van der Waals surface area (Å²) in [5, 5.41) is 8.79. The Morgan fingerprint density at radius 1 is 1.29 bits per heavy atom. The average Bonchev–Trinajstić information content (AvgIpc) is 2.82. The third kappa shape index (κ3) is 4.35. The number of hydrogen-bond donors (Lipinski definition) is 1. The van der Waals surface area contributed by atoms with Crippen molar-refractivity contribution in [2.75, 3.05) is 18.1 Å². The lowest BCUT2D eigenvalue weighted by Crippen LogP contribution is -2.07. The van der Waals surface area contributed by atoms with Crippen LogP contribution in [0.1, 0.15) is 26.3 Å². The zero-order chi connectivity index (χ0) is 15.2. The van der Waals surface area contributed by atoms with Crippen LogP contribution in [0.4, 0.5) is 10.3 Å². The molecular formula is C14H19FN4OS. The SMILES string of the molecule is CC(C)n1c(N)nnc1SCCCOc1ccc(F)cc1. The van der Waals surface area contributed by atoms with Crippen molar-refractivity contribution >= 4 is 17.7 Å². The summed E-state index contributed by atoms with van der Waals surface area (Å²) in [6.07, 6.45) is 0.854. The van der Waals surface area contributed by atoms with E-state index in [0.29, 0.717) is 18.3 Å². The fourth-order valence-corrected chi connectivity index (χ4v) is 2.80. The van der Waals surface area contributed by atoms with Gasteiger partial charge in [-0.25, -0.2) is 4.39 Å². The molecule has 0 aliphatic carbocycles. The minimum atomic E-state index is -0.261. The summed E-state index contributed by atoms with van der Waals surface area (Å²) < 4.78 is 20.2. The van der Waals surface area contributed by atoms with Crippen LogP contribution in [0.5, 0.6) is 5.75 Å². The number of halogens is 1. The van der Waals surface area contributed by atoms with E-state index in [1.807, 2.05) is 18.4 Å². The summed E-state index contributed by atoms with van der Waals surface area (Å²) in [4.78, 5) is 0. The van der Waals surface area contributed by atoms with E-state index in [9.17, 15) is 4.39 Å². The molecule has 114 valence electrons. The summed E-state index contributed by atoms with van der Waals surface area (Å²) >= 11 is 1.60.